The molecule has 29 heavy (non-hydrogen) atoms. The summed E-state index contributed by atoms with van der Waals surface area (Å²) in [6.07, 6.45) is 0. The van der Waals surface area contributed by atoms with Crippen LogP contribution in [0.2, 0.25) is 5.02 Å². The Balaban J connectivity index is 1.65. The number of hydrogen-bond donors (Lipinski definition) is 2. The number of aliphatic imine (C=N–C) groups is 1. The van der Waals surface area contributed by atoms with Crippen molar-refractivity contribution in [1.29, 1.82) is 0 Å². The fraction of sp³-hybridized carbons (Fsp3) is 0.409. The van der Waals surface area contributed by atoms with Crippen LogP contribution in [0.5, 0.6) is 5.75 Å². The summed E-state index contributed by atoms with van der Waals surface area (Å²) in [6, 6.07) is 16.2. The van der Waals surface area contributed by atoms with Crippen molar-refractivity contribution in [3.63, 3.8) is 0 Å². The van der Waals surface area contributed by atoms with E-state index in [4.69, 9.17) is 21.1 Å². The summed E-state index contributed by atoms with van der Waals surface area (Å²) in [7, 11) is 3.46. The van der Waals surface area contributed by atoms with E-state index < -0.39 is 0 Å². The zero-order valence-corrected chi connectivity index (χ0v) is 17.8. The van der Waals surface area contributed by atoms with Crippen LogP contribution >= 0.6 is 11.6 Å². The number of nitrogens with one attached hydrogen (secondary N) is 2. The van der Waals surface area contributed by atoms with Crippen LogP contribution in [-0.2, 0) is 11.3 Å². The van der Waals surface area contributed by atoms with Crippen molar-refractivity contribution in [2.24, 2.45) is 4.99 Å². The molecule has 0 saturated carbocycles. The highest BCUT2D eigenvalue weighted by molar-refractivity contribution is 6.30. The van der Waals surface area contributed by atoms with Gasteiger partial charge in [0.25, 0.3) is 0 Å². The second-order valence-electron chi connectivity index (χ2n) is 6.84. The molecule has 1 atom stereocenters. The summed E-state index contributed by atoms with van der Waals surface area (Å²) in [5.41, 5.74) is 2.27. The second-order valence-corrected chi connectivity index (χ2v) is 7.27. The van der Waals surface area contributed by atoms with E-state index >= 15 is 0 Å². The number of ether oxygens (including phenoxy) is 2. The molecule has 0 radical (unpaired) electrons. The van der Waals surface area contributed by atoms with E-state index in [0.29, 0.717) is 13.1 Å². The number of benzene rings is 2. The highest BCUT2D eigenvalue weighted by Gasteiger charge is 2.23. The van der Waals surface area contributed by atoms with Crippen LogP contribution < -0.4 is 15.4 Å². The Morgan fingerprint density at radius 3 is 2.69 bits per heavy atom. The topological polar surface area (TPSA) is 58.1 Å². The van der Waals surface area contributed by atoms with Gasteiger partial charge in [0.15, 0.2) is 5.96 Å². The third-order valence-electron chi connectivity index (χ3n) is 5.05. The van der Waals surface area contributed by atoms with Gasteiger partial charge in [0, 0.05) is 43.8 Å². The number of rotatable bonds is 7. The average molecular weight is 417 g/mol. The maximum atomic E-state index is 6.25. The first-order valence-electron chi connectivity index (χ1n) is 9.85. The summed E-state index contributed by atoms with van der Waals surface area (Å²) in [5, 5.41) is 7.59. The van der Waals surface area contributed by atoms with Gasteiger partial charge in [-0.2, -0.15) is 0 Å². The van der Waals surface area contributed by atoms with Crippen LogP contribution in [0, 0.1) is 0 Å². The predicted octanol–water partition coefficient (Wildman–Crippen LogP) is 3.09. The third kappa shape index (κ3) is 6.10. The smallest absolute Gasteiger partial charge is 0.191 e. The molecule has 7 heteroatoms. The van der Waals surface area contributed by atoms with Crippen LogP contribution in [0.1, 0.15) is 17.2 Å². The minimum Gasteiger partial charge on any atom is -0.496 e. The molecule has 1 aliphatic rings. The molecule has 2 aromatic carbocycles. The maximum Gasteiger partial charge on any atom is 0.191 e. The van der Waals surface area contributed by atoms with E-state index in [-0.39, 0.29) is 6.04 Å². The van der Waals surface area contributed by atoms with Crippen molar-refractivity contribution in [2.45, 2.75) is 12.6 Å². The van der Waals surface area contributed by atoms with Crippen LogP contribution in [-0.4, -0.2) is 57.9 Å². The maximum absolute atomic E-state index is 6.25. The molecule has 1 aliphatic heterocycles. The Bertz CT molecular complexity index is 809. The zero-order valence-electron chi connectivity index (χ0n) is 17.0. The van der Waals surface area contributed by atoms with E-state index in [0.717, 1.165) is 48.6 Å². The fourth-order valence-corrected chi connectivity index (χ4v) is 3.70. The van der Waals surface area contributed by atoms with Gasteiger partial charge in [-0.05, 0) is 23.8 Å². The van der Waals surface area contributed by atoms with E-state index in [1.54, 1.807) is 14.2 Å². The van der Waals surface area contributed by atoms with Gasteiger partial charge < -0.3 is 20.1 Å². The fourth-order valence-electron chi connectivity index (χ4n) is 3.50. The van der Waals surface area contributed by atoms with E-state index in [1.807, 2.05) is 42.5 Å². The Morgan fingerprint density at radius 1 is 1.17 bits per heavy atom. The molecule has 2 N–H and O–H groups in total. The van der Waals surface area contributed by atoms with Gasteiger partial charge in [0.2, 0.25) is 0 Å². The molecule has 0 aliphatic carbocycles. The number of para-hydroxylation sites is 1. The van der Waals surface area contributed by atoms with Crippen LogP contribution in [0.4, 0.5) is 0 Å². The first kappa shape index (κ1) is 21.4. The molecule has 0 bridgehead atoms. The van der Waals surface area contributed by atoms with Gasteiger partial charge in [-0.15, -0.1) is 0 Å². The SMILES string of the molecule is CN=C(NCc1ccccc1OC)NCC(c1cccc(Cl)c1)N1CCOCC1. The second kappa shape index (κ2) is 11.0. The molecule has 0 aromatic heterocycles. The van der Waals surface area contributed by atoms with Crippen LogP contribution in [0.25, 0.3) is 0 Å². The Labute approximate surface area is 177 Å². The summed E-state index contributed by atoms with van der Waals surface area (Å²) in [6.45, 7) is 4.63. The van der Waals surface area contributed by atoms with Crippen molar-refractivity contribution in [2.75, 3.05) is 47.0 Å². The monoisotopic (exact) mass is 416 g/mol. The van der Waals surface area contributed by atoms with E-state index in [2.05, 4.69) is 26.6 Å². The Hall–Kier alpha value is -2.28. The molecule has 6 nitrogen and oxygen atoms in total. The first-order chi connectivity index (χ1) is 14.2. The van der Waals surface area contributed by atoms with Gasteiger partial charge in [0.05, 0.1) is 26.4 Å². The van der Waals surface area contributed by atoms with Gasteiger partial charge in [-0.25, -0.2) is 0 Å². The molecule has 1 fully saturated rings. The molecule has 1 heterocycles. The summed E-state index contributed by atoms with van der Waals surface area (Å²) >= 11 is 6.25. The number of hydrogen-bond acceptors (Lipinski definition) is 4. The minimum absolute atomic E-state index is 0.183. The Morgan fingerprint density at radius 2 is 1.97 bits per heavy atom. The van der Waals surface area contributed by atoms with E-state index in [1.165, 1.54) is 5.56 Å². The molecular formula is C22H29ClN4O2. The summed E-state index contributed by atoms with van der Waals surface area (Å²) in [4.78, 5) is 6.80. The molecule has 2 aromatic rings. The summed E-state index contributed by atoms with van der Waals surface area (Å²) in [5.74, 6) is 1.61. The standard InChI is InChI=1S/C22H29ClN4O2/c1-24-22(25-15-18-6-3-4-9-21(18)28-2)26-16-20(27-10-12-29-13-11-27)17-7-5-8-19(23)14-17/h3-9,14,20H,10-13,15-16H2,1-2H3,(H2,24,25,26). The molecule has 1 unspecified atom stereocenters. The lowest BCUT2D eigenvalue weighted by Gasteiger charge is -2.35. The van der Waals surface area contributed by atoms with Gasteiger partial charge in [-0.1, -0.05) is 41.9 Å². The van der Waals surface area contributed by atoms with Crippen molar-refractivity contribution in [3.8, 4) is 5.75 Å². The highest BCUT2D eigenvalue weighted by atomic mass is 35.5. The molecular weight excluding hydrogens is 388 g/mol. The molecule has 0 spiro atoms. The lowest BCUT2D eigenvalue weighted by Crippen LogP contribution is -2.46. The van der Waals surface area contributed by atoms with Crippen molar-refractivity contribution in [1.82, 2.24) is 15.5 Å². The number of guanidine groups is 1. The third-order valence-corrected chi connectivity index (χ3v) is 5.28. The van der Waals surface area contributed by atoms with Crippen molar-refractivity contribution >= 4 is 17.6 Å². The zero-order chi connectivity index (χ0) is 20.5. The van der Waals surface area contributed by atoms with Gasteiger partial charge >= 0.3 is 0 Å². The minimum atomic E-state index is 0.183. The molecule has 1 saturated heterocycles. The van der Waals surface area contributed by atoms with Crippen LogP contribution in [0.15, 0.2) is 53.5 Å². The van der Waals surface area contributed by atoms with Gasteiger partial charge in [0.1, 0.15) is 5.75 Å². The van der Waals surface area contributed by atoms with E-state index in [9.17, 15) is 0 Å². The quantitative estimate of drug-likeness (QED) is 0.536. The molecule has 0 amide bonds. The number of halogens is 1. The summed E-state index contributed by atoms with van der Waals surface area (Å²) < 4.78 is 11.0. The Kier molecular flexibility index (Phi) is 8.16. The number of methoxy groups -OCH3 is 1. The largest absolute Gasteiger partial charge is 0.496 e. The van der Waals surface area contributed by atoms with Crippen molar-refractivity contribution < 1.29 is 9.47 Å². The van der Waals surface area contributed by atoms with Crippen molar-refractivity contribution in [3.05, 3.63) is 64.7 Å². The number of morpholine rings is 1. The highest BCUT2D eigenvalue weighted by Crippen LogP contribution is 2.24. The van der Waals surface area contributed by atoms with Gasteiger partial charge in [-0.3, -0.25) is 9.89 Å². The van der Waals surface area contributed by atoms with Crippen LogP contribution in [0.3, 0.4) is 0 Å². The molecule has 156 valence electrons. The lowest BCUT2D eigenvalue weighted by molar-refractivity contribution is 0.0170. The molecule has 3 rings (SSSR count). The predicted molar refractivity (Wildman–Crippen MR) is 118 cm³/mol. The average Bonchev–Trinajstić information content (AvgIpc) is 2.77. The normalized spacial score (nSPS) is 16.3. The number of nitrogens with zero attached hydrogens (tertiary/aromatic N) is 2. The first-order valence-corrected chi connectivity index (χ1v) is 10.2. The lowest BCUT2D eigenvalue weighted by atomic mass is 10.0.